The fourth-order valence-corrected chi connectivity index (χ4v) is 2.94. The number of hydrogen-bond acceptors (Lipinski definition) is 4. The molecule has 0 spiro atoms. The summed E-state index contributed by atoms with van der Waals surface area (Å²) in [5, 5.41) is 0.539. The molecule has 0 radical (unpaired) electrons. The zero-order chi connectivity index (χ0) is 13.8. The standard InChI is InChI=1S/C14H23ClN4/c1-4-19-7-5-12(6-8-19)18(3)10-14-16-11(2)9-13(15)17-14/h9,12H,4-8,10H2,1-3H3. The molecule has 5 heteroatoms. The Bertz CT molecular complexity index is 396. The number of hydrogen-bond donors (Lipinski definition) is 0. The summed E-state index contributed by atoms with van der Waals surface area (Å²) in [6.07, 6.45) is 2.45. The van der Waals surface area contributed by atoms with Crippen molar-refractivity contribution in [2.75, 3.05) is 26.7 Å². The number of halogens is 1. The van der Waals surface area contributed by atoms with Gasteiger partial charge in [-0.1, -0.05) is 18.5 Å². The number of aromatic nitrogens is 2. The van der Waals surface area contributed by atoms with Crippen LogP contribution < -0.4 is 0 Å². The van der Waals surface area contributed by atoms with E-state index < -0.39 is 0 Å². The molecule has 0 N–H and O–H groups in total. The van der Waals surface area contributed by atoms with Crippen molar-refractivity contribution in [3.8, 4) is 0 Å². The van der Waals surface area contributed by atoms with Crippen molar-refractivity contribution < 1.29 is 0 Å². The first-order valence-corrected chi connectivity index (χ1v) is 7.39. The molecule has 19 heavy (non-hydrogen) atoms. The molecule has 1 aromatic rings. The first kappa shape index (κ1) is 14.7. The summed E-state index contributed by atoms with van der Waals surface area (Å²) in [6.45, 7) is 8.51. The largest absolute Gasteiger partial charge is 0.303 e. The zero-order valence-electron chi connectivity index (χ0n) is 12.1. The van der Waals surface area contributed by atoms with Crippen LogP contribution >= 0.6 is 11.6 Å². The molecule has 1 aliphatic rings. The van der Waals surface area contributed by atoms with Crippen LogP contribution in [0.5, 0.6) is 0 Å². The number of nitrogens with zero attached hydrogens (tertiary/aromatic N) is 4. The van der Waals surface area contributed by atoms with Gasteiger partial charge in [0.25, 0.3) is 0 Å². The first-order valence-electron chi connectivity index (χ1n) is 7.01. The Hall–Kier alpha value is -0.710. The van der Waals surface area contributed by atoms with Gasteiger partial charge in [0.2, 0.25) is 0 Å². The van der Waals surface area contributed by atoms with Crippen molar-refractivity contribution in [2.45, 2.75) is 39.3 Å². The van der Waals surface area contributed by atoms with Gasteiger partial charge in [0.05, 0.1) is 6.54 Å². The van der Waals surface area contributed by atoms with Crippen LogP contribution in [0.3, 0.4) is 0 Å². The van der Waals surface area contributed by atoms with Crippen LogP contribution in [0, 0.1) is 6.92 Å². The minimum atomic E-state index is 0.539. The van der Waals surface area contributed by atoms with E-state index in [1.807, 2.05) is 6.92 Å². The Morgan fingerprint density at radius 3 is 2.63 bits per heavy atom. The molecule has 1 aromatic heterocycles. The normalized spacial score (nSPS) is 18.2. The quantitative estimate of drug-likeness (QED) is 0.794. The molecule has 2 heterocycles. The molecule has 0 unspecified atom stereocenters. The van der Waals surface area contributed by atoms with Crippen LogP contribution in [0.4, 0.5) is 0 Å². The Balaban J connectivity index is 1.92. The van der Waals surface area contributed by atoms with Gasteiger partial charge in [-0.3, -0.25) is 4.90 Å². The number of rotatable bonds is 4. The van der Waals surface area contributed by atoms with E-state index in [4.69, 9.17) is 11.6 Å². The van der Waals surface area contributed by atoms with Crippen molar-refractivity contribution in [1.29, 1.82) is 0 Å². The molecular weight excluding hydrogens is 260 g/mol. The van der Waals surface area contributed by atoms with E-state index in [1.54, 1.807) is 6.07 Å². The summed E-state index contributed by atoms with van der Waals surface area (Å²) in [4.78, 5) is 13.6. The SMILES string of the molecule is CCN1CCC(N(C)Cc2nc(C)cc(Cl)n2)CC1. The Morgan fingerprint density at radius 2 is 2.05 bits per heavy atom. The summed E-state index contributed by atoms with van der Waals surface area (Å²) >= 11 is 5.98. The maximum absolute atomic E-state index is 5.98. The Kier molecular flexibility index (Phi) is 5.13. The van der Waals surface area contributed by atoms with E-state index in [9.17, 15) is 0 Å². The number of likely N-dealkylation sites (tertiary alicyclic amines) is 1. The van der Waals surface area contributed by atoms with Crippen LogP contribution in [0.1, 0.15) is 31.3 Å². The molecule has 2 rings (SSSR count). The van der Waals surface area contributed by atoms with Gasteiger partial charge in [0, 0.05) is 11.7 Å². The van der Waals surface area contributed by atoms with Gasteiger partial charge >= 0.3 is 0 Å². The molecule has 106 valence electrons. The van der Waals surface area contributed by atoms with Crippen molar-refractivity contribution in [2.24, 2.45) is 0 Å². The van der Waals surface area contributed by atoms with Gasteiger partial charge in [-0.05, 0) is 52.5 Å². The third-order valence-electron chi connectivity index (χ3n) is 3.89. The van der Waals surface area contributed by atoms with Crippen molar-refractivity contribution in [3.63, 3.8) is 0 Å². The average molecular weight is 283 g/mol. The van der Waals surface area contributed by atoms with E-state index in [-0.39, 0.29) is 0 Å². The highest BCUT2D eigenvalue weighted by Gasteiger charge is 2.22. The highest BCUT2D eigenvalue weighted by atomic mass is 35.5. The Labute approximate surface area is 120 Å². The second-order valence-electron chi connectivity index (χ2n) is 5.33. The van der Waals surface area contributed by atoms with E-state index >= 15 is 0 Å². The summed E-state index contributed by atoms with van der Waals surface area (Å²) in [5.74, 6) is 0.824. The van der Waals surface area contributed by atoms with Gasteiger partial charge in [0.1, 0.15) is 11.0 Å². The molecule has 0 aromatic carbocycles. The minimum absolute atomic E-state index is 0.539. The average Bonchev–Trinajstić information content (AvgIpc) is 2.37. The lowest BCUT2D eigenvalue weighted by atomic mass is 10.0. The highest BCUT2D eigenvalue weighted by molar-refractivity contribution is 6.29. The van der Waals surface area contributed by atoms with Gasteiger partial charge < -0.3 is 4.90 Å². The second-order valence-corrected chi connectivity index (χ2v) is 5.72. The Morgan fingerprint density at radius 1 is 1.37 bits per heavy atom. The molecular formula is C14H23ClN4. The predicted molar refractivity (Wildman–Crippen MR) is 78.4 cm³/mol. The van der Waals surface area contributed by atoms with Gasteiger partial charge in [-0.15, -0.1) is 0 Å². The van der Waals surface area contributed by atoms with E-state index in [2.05, 4.69) is 33.7 Å². The van der Waals surface area contributed by atoms with Crippen LogP contribution in [0.2, 0.25) is 5.15 Å². The third kappa shape index (κ3) is 4.13. The van der Waals surface area contributed by atoms with E-state index in [1.165, 1.54) is 25.9 Å². The smallest absolute Gasteiger partial charge is 0.144 e. The zero-order valence-corrected chi connectivity index (χ0v) is 12.8. The van der Waals surface area contributed by atoms with Crippen molar-refractivity contribution in [3.05, 3.63) is 22.7 Å². The fourth-order valence-electron chi connectivity index (χ4n) is 2.69. The lowest BCUT2D eigenvalue weighted by molar-refractivity contribution is 0.125. The maximum atomic E-state index is 5.98. The summed E-state index contributed by atoms with van der Waals surface area (Å²) in [5.41, 5.74) is 0.934. The lowest BCUT2D eigenvalue weighted by Crippen LogP contribution is -2.43. The van der Waals surface area contributed by atoms with Gasteiger partial charge in [-0.25, -0.2) is 9.97 Å². The van der Waals surface area contributed by atoms with Crippen LogP contribution in [0.25, 0.3) is 0 Å². The summed E-state index contributed by atoms with van der Waals surface area (Å²) in [6, 6.07) is 2.43. The summed E-state index contributed by atoms with van der Waals surface area (Å²) in [7, 11) is 2.16. The van der Waals surface area contributed by atoms with Crippen LogP contribution in [0.15, 0.2) is 6.07 Å². The van der Waals surface area contributed by atoms with Gasteiger partial charge in [0.15, 0.2) is 0 Å². The highest BCUT2D eigenvalue weighted by Crippen LogP contribution is 2.17. The van der Waals surface area contributed by atoms with Crippen molar-refractivity contribution >= 4 is 11.6 Å². The third-order valence-corrected chi connectivity index (χ3v) is 4.08. The maximum Gasteiger partial charge on any atom is 0.144 e. The van der Waals surface area contributed by atoms with E-state index in [0.717, 1.165) is 24.6 Å². The molecule has 0 atom stereocenters. The predicted octanol–water partition coefficient (Wildman–Crippen LogP) is 2.35. The molecule has 1 fully saturated rings. The van der Waals surface area contributed by atoms with E-state index in [0.29, 0.717) is 11.2 Å². The molecule has 0 bridgehead atoms. The lowest BCUT2D eigenvalue weighted by Gasteiger charge is -2.36. The first-order chi connectivity index (χ1) is 9.08. The molecule has 0 aliphatic carbocycles. The minimum Gasteiger partial charge on any atom is -0.303 e. The molecule has 1 saturated heterocycles. The molecule has 0 saturated carbocycles. The second kappa shape index (κ2) is 6.64. The van der Waals surface area contributed by atoms with Crippen molar-refractivity contribution in [1.82, 2.24) is 19.8 Å². The topological polar surface area (TPSA) is 32.3 Å². The molecule has 0 amide bonds. The molecule has 1 aliphatic heterocycles. The van der Waals surface area contributed by atoms with Crippen LogP contribution in [-0.4, -0.2) is 52.5 Å². The van der Waals surface area contributed by atoms with Crippen LogP contribution in [-0.2, 0) is 6.54 Å². The number of piperidine rings is 1. The fraction of sp³-hybridized carbons (Fsp3) is 0.714. The summed E-state index contributed by atoms with van der Waals surface area (Å²) < 4.78 is 0. The van der Waals surface area contributed by atoms with Gasteiger partial charge in [-0.2, -0.15) is 0 Å². The molecule has 4 nitrogen and oxygen atoms in total. The number of aryl methyl sites for hydroxylation is 1. The monoisotopic (exact) mass is 282 g/mol.